The molecule has 0 bridgehead atoms. The van der Waals surface area contributed by atoms with E-state index >= 15 is 0 Å². The van der Waals surface area contributed by atoms with E-state index in [2.05, 4.69) is 0 Å². The monoisotopic (exact) mass is 229 g/mol. The van der Waals surface area contributed by atoms with Crippen LogP contribution in [-0.4, -0.2) is 19.4 Å². The smallest absolute Gasteiger partial charge is 0.342 e. The maximum absolute atomic E-state index is 11.5. The molecular formula is C10H12ClNO3. The number of para-hydroxylation sites is 1. The molecule has 4 nitrogen and oxygen atoms in total. The van der Waals surface area contributed by atoms with Gasteiger partial charge in [0.15, 0.2) is 6.79 Å². The van der Waals surface area contributed by atoms with Crippen molar-refractivity contribution >= 4 is 23.3 Å². The molecule has 0 aliphatic heterocycles. The zero-order chi connectivity index (χ0) is 11.3. The highest BCUT2D eigenvalue weighted by Crippen LogP contribution is 2.22. The Labute approximate surface area is 92.9 Å². The predicted octanol–water partition coefficient (Wildman–Crippen LogP) is 2.07. The Morgan fingerprint density at radius 3 is 2.93 bits per heavy atom. The molecule has 15 heavy (non-hydrogen) atoms. The SMILES string of the molecule is CCOCOC(=O)c1cccc(Cl)c1N. The third-order valence-electron chi connectivity index (χ3n) is 1.75. The molecule has 0 saturated carbocycles. The molecule has 0 fully saturated rings. The summed E-state index contributed by atoms with van der Waals surface area (Å²) in [7, 11) is 0. The Kier molecular flexibility index (Phi) is 4.39. The van der Waals surface area contributed by atoms with Crippen molar-refractivity contribution in [2.24, 2.45) is 0 Å². The van der Waals surface area contributed by atoms with Crippen molar-refractivity contribution in [3.63, 3.8) is 0 Å². The van der Waals surface area contributed by atoms with Crippen LogP contribution in [0.1, 0.15) is 17.3 Å². The van der Waals surface area contributed by atoms with Gasteiger partial charge in [-0.3, -0.25) is 0 Å². The summed E-state index contributed by atoms with van der Waals surface area (Å²) in [6, 6.07) is 4.79. The Balaban J connectivity index is 2.69. The van der Waals surface area contributed by atoms with Gasteiger partial charge in [0.1, 0.15) is 0 Å². The van der Waals surface area contributed by atoms with Crippen LogP contribution in [0.15, 0.2) is 18.2 Å². The molecule has 82 valence electrons. The van der Waals surface area contributed by atoms with Gasteiger partial charge in [0.25, 0.3) is 0 Å². The first-order chi connectivity index (χ1) is 7.16. The molecule has 0 saturated heterocycles. The first-order valence-corrected chi connectivity index (χ1v) is 4.83. The summed E-state index contributed by atoms with van der Waals surface area (Å²) in [5.41, 5.74) is 6.09. The molecule has 1 aromatic carbocycles. The van der Waals surface area contributed by atoms with Crippen molar-refractivity contribution in [2.45, 2.75) is 6.92 Å². The predicted molar refractivity (Wildman–Crippen MR) is 57.8 cm³/mol. The normalized spacial score (nSPS) is 10.0. The van der Waals surface area contributed by atoms with Crippen LogP contribution in [0, 0.1) is 0 Å². The second-order valence-corrected chi connectivity index (χ2v) is 3.15. The molecule has 0 heterocycles. The van der Waals surface area contributed by atoms with Crippen LogP contribution < -0.4 is 5.73 Å². The van der Waals surface area contributed by atoms with Crippen LogP contribution in [-0.2, 0) is 9.47 Å². The molecule has 0 amide bonds. The zero-order valence-electron chi connectivity index (χ0n) is 8.33. The lowest BCUT2D eigenvalue weighted by atomic mass is 10.2. The van der Waals surface area contributed by atoms with E-state index in [9.17, 15) is 4.79 Å². The van der Waals surface area contributed by atoms with Crippen LogP contribution in [0.3, 0.4) is 0 Å². The van der Waals surface area contributed by atoms with E-state index in [4.69, 9.17) is 26.8 Å². The molecule has 0 radical (unpaired) electrons. The standard InChI is InChI=1S/C10H12ClNO3/c1-2-14-6-15-10(13)7-4-3-5-8(11)9(7)12/h3-5H,2,6,12H2,1H3. The number of rotatable bonds is 4. The second-order valence-electron chi connectivity index (χ2n) is 2.74. The van der Waals surface area contributed by atoms with Crippen LogP contribution in [0.25, 0.3) is 0 Å². The molecule has 5 heteroatoms. The number of hydrogen-bond donors (Lipinski definition) is 1. The number of nitrogens with two attached hydrogens (primary N) is 1. The number of carbonyl (C=O) groups is 1. The fourth-order valence-corrected chi connectivity index (χ4v) is 1.15. The molecule has 0 spiro atoms. The highest BCUT2D eigenvalue weighted by molar-refractivity contribution is 6.33. The second kappa shape index (κ2) is 5.58. The quantitative estimate of drug-likeness (QED) is 0.372. The molecule has 0 aliphatic carbocycles. The van der Waals surface area contributed by atoms with E-state index < -0.39 is 5.97 Å². The van der Waals surface area contributed by atoms with Gasteiger partial charge in [-0.1, -0.05) is 17.7 Å². The zero-order valence-corrected chi connectivity index (χ0v) is 9.08. The largest absolute Gasteiger partial charge is 0.435 e. The fraction of sp³-hybridized carbons (Fsp3) is 0.300. The number of nitrogen functional groups attached to an aromatic ring is 1. The Hall–Kier alpha value is -1.26. The Morgan fingerprint density at radius 1 is 1.53 bits per heavy atom. The summed E-state index contributed by atoms with van der Waals surface area (Å²) in [5.74, 6) is -0.538. The van der Waals surface area contributed by atoms with Crippen molar-refractivity contribution < 1.29 is 14.3 Å². The molecule has 1 rings (SSSR count). The van der Waals surface area contributed by atoms with Gasteiger partial charge in [-0.25, -0.2) is 4.79 Å². The number of esters is 1. The number of ether oxygens (including phenoxy) is 2. The molecule has 2 N–H and O–H groups in total. The van der Waals surface area contributed by atoms with Crippen molar-refractivity contribution in [1.82, 2.24) is 0 Å². The summed E-state index contributed by atoms with van der Waals surface area (Å²) < 4.78 is 9.68. The van der Waals surface area contributed by atoms with Gasteiger partial charge in [-0.15, -0.1) is 0 Å². The highest BCUT2D eigenvalue weighted by Gasteiger charge is 2.12. The van der Waals surface area contributed by atoms with Crippen molar-refractivity contribution in [3.05, 3.63) is 28.8 Å². The lowest BCUT2D eigenvalue weighted by Gasteiger charge is -2.07. The van der Waals surface area contributed by atoms with Crippen molar-refractivity contribution in [3.8, 4) is 0 Å². The molecule has 0 atom stereocenters. The summed E-state index contributed by atoms with van der Waals surface area (Å²) in [6.45, 7) is 2.21. The van der Waals surface area contributed by atoms with Crippen molar-refractivity contribution in [2.75, 3.05) is 19.1 Å². The number of hydrogen-bond acceptors (Lipinski definition) is 4. The van der Waals surface area contributed by atoms with Gasteiger partial charge in [-0.2, -0.15) is 0 Å². The van der Waals surface area contributed by atoms with Gasteiger partial charge < -0.3 is 15.2 Å². The molecule has 0 unspecified atom stereocenters. The Morgan fingerprint density at radius 2 is 2.27 bits per heavy atom. The van der Waals surface area contributed by atoms with Crippen LogP contribution in [0.4, 0.5) is 5.69 Å². The number of halogens is 1. The van der Waals surface area contributed by atoms with E-state index in [1.165, 1.54) is 0 Å². The summed E-state index contributed by atoms with van der Waals surface area (Å²) in [4.78, 5) is 11.5. The molecular weight excluding hydrogens is 218 g/mol. The minimum absolute atomic E-state index is 0.0821. The average molecular weight is 230 g/mol. The fourth-order valence-electron chi connectivity index (χ4n) is 0.971. The summed E-state index contributed by atoms with van der Waals surface area (Å²) in [5, 5.41) is 0.334. The lowest BCUT2D eigenvalue weighted by molar-refractivity contribution is -0.0273. The van der Waals surface area contributed by atoms with Crippen molar-refractivity contribution in [1.29, 1.82) is 0 Å². The first-order valence-electron chi connectivity index (χ1n) is 4.45. The number of benzene rings is 1. The third kappa shape index (κ3) is 3.11. The molecule has 0 aromatic heterocycles. The topological polar surface area (TPSA) is 61.5 Å². The van der Waals surface area contributed by atoms with Crippen LogP contribution in [0.2, 0.25) is 5.02 Å². The summed E-state index contributed by atoms with van der Waals surface area (Å²) in [6.07, 6.45) is 0. The van der Waals surface area contributed by atoms with E-state index in [1.54, 1.807) is 18.2 Å². The minimum Gasteiger partial charge on any atom is -0.435 e. The van der Waals surface area contributed by atoms with Gasteiger partial charge >= 0.3 is 5.97 Å². The maximum Gasteiger partial charge on any atom is 0.342 e. The lowest BCUT2D eigenvalue weighted by Crippen LogP contribution is -2.11. The average Bonchev–Trinajstić information content (AvgIpc) is 2.22. The minimum atomic E-state index is -0.538. The third-order valence-corrected chi connectivity index (χ3v) is 2.08. The maximum atomic E-state index is 11.5. The molecule has 1 aromatic rings. The highest BCUT2D eigenvalue weighted by atomic mass is 35.5. The van der Waals surface area contributed by atoms with Crippen LogP contribution >= 0.6 is 11.6 Å². The van der Waals surface area contributed by atoms with Gasteiger partial charge in [0, 0.05) is 6.61 Å². The first kappa shape index (κ1) is 11.8. The Bertz CT molecular complexity index is 355. The summed E-state index contributed by atoms with van der Waals surface area (Å²) >= 11 is 5.76. The number of carbonyl (C=O) groups excluding carboxylic acids is 1. The molecule has 0 aliphatic rings. The van der Waals surface area contributed by atoms with E-state index in [0.717, 1.165) is 0 Å². The van der Waals surface area contributed by atoms with Gasteiger partial charge in [-0.05, 0) is 19.1 Å². The van der Waals surface area contributed by atoms with E-state index in [0.29, 0.717) is 11.6 Å². The number of anilines is 1. The van der Waals surface area contributed by atoms with Gasteiger partial charge in [0.2, 0.25) is 0 Å². The van der Waals surface area contributed by atoms with Crippen LogP contribution in [0.5, 0.6) is 0 Å². The van der Waals surface area contributed by atoms with Gasteiger partial charge in [0.05, 0.1) is 16.3 Å². The van der Waals surface area contributed by atoms with E-state index in [-0.39, 0.29) is 18.0 Å². The van der Waals surface area contributed by atoms with E-state index in [1.807, 2.05) is 6.92 Å².